The van der Waals surface area contributed by atoms with Crippen LogP contribution in [0.3, 0.4) is 0 Å². The van der Waals surface area contributed by atoms with E-state index in [1.54, 1.807) is 30.9 Å². The molecule has 0 aliphatic heterocycles. The van der Waals surface area contributed by atoms with Gasteiger partial charge in [-0.1, -0.05) is 0 Å². The third kappa shape index (κ3) is 3.11. The zero-order chi connectivity index (χ0) is 11.5. The van der Waals surface area contributed by atoms with Gasteiger partial charge in [-0.3, -0.25) is 9.48 Å². The molecule has 0 aliphatic carbocycles. The fraction of sp³-hybridized carbons (Fsp3) is 0.556. The highest BCUT2D eigenvalue weighted by Crippen LogP contribution is 2.10. The fourth-order valence-electron chi connectivity index (χ4n) is 0.977. The molecule has 84 valence electrons. The van der Waals surface area contributed by atoms with E-state index in [9.17, 15) is 4.79 Å². The molecule has 0 aliphatic rings. The van der Waals surface area contributed by atoms with Gasteiger partial charge in [0.15, 0.2) is 0 Å². The minimum absolute atomic E-state index is 0.259. The van der Waals surface area contributed by atoms with Crippen molar-refractivity contribution < 1.29 is 4.79 Å². The molecule has 1 aromatic heterocycles. The van der Waals surface area contributed by atoms with Gasteiger partial charge in [0.2, 0.25) is 0 Å². The van der Waals surface area contributed by atoms with E-state index in [2.05, 4.69) is 10.4 Å². The van der Waals surface area contributed by atoms with Gasteiger partial charge in [0.1, 0.15) is 5.69 Å². The standard InChI is InChI=1S/C9H13Cl2N3O/c1-9(5-10,6-11)12-8(15)7-3-4-14(2)13-7/h3-4H,5-6H2,1-2H3,(H,12,15). The van der Waals surface area contributed by atoms with Crippen molar-refractivity contribution in [2.75, 3.05) is 11.8 Å². The van der Waals surface area contributed by atoms with E-state index in [4.69, 9.17) is 23.2 Å². The van der Waals surface area contributed by atoms with Crippen LogP contribution in [0.4, 0.5) is 0 Å². The Hall–Kier alpha value is -0.740. The summed E-state index contributed by atoms with van der Waals surface area (Å²) in [6, 6.07) is 1.64. The van der Waals surface area contributed by atoms with Crippen molar-refractivity contribution in [3.8, 4) is 0 Å². The molecule has 0 aromatic carbocycles. The van der Waals surface area contributed by atoms with Gasteiger partial charge in [-0.05, 0) is 13.0 Å². The maximum Gasteiger partial charge on any atom is 0.272 e. The molecule has 4 nitrogen and oxygen atoms in total. The van der Waals surface area contributed by atoms with Crippen LogP contribution in [0, 0.1) is 0 Å². The number of hydrogen-bond acceptors (Lipinski definition) is 2. The minimum atomic E-state index is -0.599. The Bertz CT molecular complexity index is 347. The molecule has 15 heavy (non-hydrogen) atoms. The second kappa shape index (κ2) is 4.86. The highest BCUT2D eigenvalue weighted by Gasteiger charge is 2.25. The highest BCUT2D eigenvalue weighted by atomic mass is 35.5. The predicted octanol–water partition coefficient (Wildman–Crippen LogP) is 1.39. The van der Waals surface area contributed by atoms with Gasteiger partial charge in [-0.2, -0.15) is 5.10 Å². The number of amides is 1. The van der Waals surface area contributed by atoms with Gasteiger partial charge in [0.05, 0.1) is 5.54 Å². The van der Waals surface area contributed by atoms with Gasteiger partial charge < -0.3 is 5.32 Å². The van der Waals surface area contributed by atoms with Crippen LogP contribution in [0.5, 0.6) is 0 Å². The number of halogens is 2. The molecule has 0 atom stereocenters. The molecular weight excluding hydrogens is 237 g/mol. The van der Waals surface area contributed by atoms with Crippen molar-refractivity contribution in [2.45, 2.75) is 12.5 Å². The molecule has 1 aromatic rings. The van der Waals surface area contributed by atoms with Crippen LogP contribution < -0.4 is 5.32 Å². The Kier molecular flexibility index (Phi) is 3.99. The molecule has 1 heterocycles. The number of carbonyl (C=O) groups excluding carboxylic acids is 1. The number of aromatic nitrogens is 2. The summed E-state index contributed by atoms with van der Waals surface area (Å²) in [6.07, 6.45) is 1.70. The highest BCUT2D eigenvalue weighted by molar-refractivity contribution is 6.22. The first kappa shape index (κ1) is 12.3. The number of hydrogen-bond donors (Lipinski definition) is 1. The molecule has 1 rings (SSSR count). The monoisotopic (exact) mass is 249 g/mol. The van der Waals surface area contributed by atoms with Crippen molar-refractivity contribution in [3.63, 3.8) is 0 Å². The Labute approximate surface area is 98.5 Å². The molecule has 0 saturated heterocycles. The lowest BCUT2D eigenvalue weighted by Gasteiger charge is -2.25. The molecule has 0 radical (unpaired) electrons. The SMILES string of the molecule is Cn1ccc(C(=O)NC(C)(CCl)CCl)n1. The molecule has 1 amide bonds. The van der Waals surface area contributed by atoms with Gasteiger partial charge in [-0.25, -0.2) is 0 Å². The summed E-state index contributed by atoms with van der Waals surface area (Å²) in [4.78, 5) is 11.7. The normalized spacial score (nSPS) is 11.5. The molecule has 0 bridgehead atoms. The summed E-state index contributed by atoms with van der Waals surface area (Å²) < 4.78 is 1.56. The smallest absolute Gasteiger partial charge is 0.272 e. The van der Waals surface area contributed by atoms with Crippen molar-refractivity contribution in [3.05, 3.63) is 18.0 Å². The lowest BCUT2D eigenvalue weighted by atomic mass is 10.1. The van der Waals surface area contributed by atoms with Crippen molar-refractivity contribution in [1.29, 1.82) is 0 Å². The lowest BCUT2D eigenvalue weighted by Crippen LogP contribution is -2.49. The first-order valence-corrected chi connectivity index (χ1v) is 5.52. The van der Waals surface area contributed by atoms with Gasteiger partial charge in [0.25, 0.3) is 5.91 Å². The topological polar surface area (TPSA) is 46.9 Å². The third-order valence-electron chi connectivity index (χ3n) is 1.95. The lowest BCUT2D eigenvalue weighted by molar-refractivity contribution is 0.0915. The van der Waals surface area contributed by atoms with Gasteiger partial charge in [0, 0.05) is 25.0 Å². The second-order valence-electron chi connectivity index (χ2n) is 3.66. The van der Waals surface area contributed by atoms with Crippen molar-refractivity contribution >= 4 is 29.1 Å². The van der Waals surface area contributed by atoms with Crippen LogP contribution in [-0.4, -0.2) is 33.0 Å². The van der Waals surface area contributed by atoms with E-state index < -0.39 is 5.54 Å². The fourth-order valence-corrected chi connectivity index (χ4v) is 1.40. The Morgan fingerprint density at radius 2 is 2.20 bits per heavy atom. The summed E-state index contributed by atoms with van der Waals surface area (Å²) in [5.41, 5.74) is -0.239. The molecule has 0 spiro atoms. The third-order valence-corrected chi connectivity index (χ3v) is 3.13. The molecule has 0 unspecified atom stereocenters. The number of aryl methyl sites for hydroxylation is 1. The number of nitrogens with zero attached hydrogens (tertiary/aromatic N) is 2. The molecular formula is C9H13Cl2N3O. The Morgan fingerprint density at radius 3 is 2.60 bits per heavy atom. The first-order valence-electron chi connectivity index (χ1n) is 4.45. The zero-order valence-electron chi connectivity index (χ0n) is 8.63. The van der Waals surface area contributed by atoms with E-state index in [-0.39, 0.29) is 17.7 Å². The average molecular weight is 250 g/mol. The number of rotatable bonds is 4. The number of nitrogens with one attached hydrogen (secondary N) is 1. The van der Waals surface area contributed by atoms with Crippen molar-refractivity contribution in [2.24, 2.45) is 7.05 Å². The van der Waals surface area contributed by atoms with Crippen LogP contribution in [0.2, 0.25) is 0 Å². The van der Waals surface area contributed by atoms with Gasteiger partial charge in [-0.15, -0.1) is 23.2 Å². The van der Waals surface area contributed by atoms with Crippen LogP contribution >= 0.6 is 23.2 Å². The van der Waals surface area contributed by atoms with E-state index >= 15 is 0 Å². The summed E-state index contributed by atoms with van der Waals surface area (Å²) in [5, 5.41) is 6.73. The average Bonchev–Trinajstić information content (AvgIpc) is 2.65. The van der Waals surface area contributed by atoms with E-state index in [1.807, 2.05) is 0 Å². The van der Waals surface area contributed by atoms with Crippen molar-refractivity contribution in [1.82, 2.24) is 15.1 Å². The minimum Gasteiger partial charge on any atom is -0.343 e. The molecule has 1 N–H and O–H groups in total. The quantitative estimate of drug-likeness (QED) is 0.821. The Morgan fingerprint density at radius 1 is 1.60 bits per heavy atom. The number of carbonyl (C=O) groups is 1. The summed E-state index contributed by atoms with van der Waals surface area (Å²) >= 11 is 11.4. The van der Waals surface area contributed by atoms with Crippen LogP contribution in [-0.2, 0) is 7.05 Å². The van der Waals surface area contributed by atoms with Crippen LogP contribution in [0.25, 0.3) is 0 Å². The largest absolute Gasteiger partial charge is 0.343 e. The zero-order valence-corrected chi connectivity index (χ0v) is 10.1. The van der Waals surface area contributed by atoms with Gasteiger partial charge >= 0.3 is 0 Å². The maximum atomic E-state index is 11.7. The van der Waals surface area contributed by atoms with E-state index in [0.29, 0.717) is 5.69 Å². The summed E-state index contributed by atoms with van der Waals surface area (Å²) in [7, 11) is 1.75. The molecule has 0 saturated carbocycles. The van der Waals surface area contributed by atoms with E-state index in [1.165, 1.54) is 0 Å². The summed E-state index contributed by atoms with van der Waals surface area (Å²) in [6.45, 7) is 1.79. The molecule has 6 heteroatoms. The number of alkyl halides is 2. The van der Waals surface area contributed by atoms with Crippen LogP contribution in [0.15, 0.2) is 12.3 Å². The van der Waals surface area contributed by atoms with E-state index in [0.717, 1.165) is 0 Å². The Balaban J connectivity index is 2.71. The molecule has 0 fully saturated rings. The summed E-state index contributed by atoms with van der Waals surface area (Å²) in [5.74, 6) is 0.254. The predicted molar refractivity (Wildman–Crippen MR) is 60.5 cm³/mol. The van der Waals surface area contributed by atoms with Crippen LogP contribution in [0.1, 0.15) is 17.4 Å². The first-order chi connectivity index (χ1) is 7.00. The maximum absolute atomic E-state index is 11.7. The second-order valence-corrected chi connectivity index (χ2v) is 4.19.